The van der Waals surface area contributed by atoms with E-state index in [9.17, 15) is 9.18 Å². The van der Waals surface area contributed by atoms with Crippen LogP contribution < -0.4 is 10.2 Å². The van der Waals surface area contributed by atoms with Gasteiger partial charge in [-0.3, -0.25) is 19.8 Å². The molecule has 150 valence electrons. The second-order valence-corrected chi connectivity index (χ2v) is 6.94. The average Bonchev–Trinajstić information content (AvgIpc) is 3.26. The molecule has 1 saturated heterocycles. The largest absolute Gasteiger partial charge is 0.367 e. The zero-order valence-corrected chi connectivity index (χ0v) is 16.0. The average molecular weight is 394 g/mol. The Morgan fingerprint density at radius 3 is 2.72 bits per heavy atom. The smallest absolute Gasteiger partial charge is 0.269 e. The minimum atomic E-state index is -0.183. The summed E-state index contributed by atoms with van der Waals surface area (Å²) in [5, 5.41) is 9.88. The van der Waals surface area contributed by atoms with Crippen molar-refractivity contribution in [3.05, 3.63) is 66.4 Å². The van der Waals surface area contributed by atoms with Crippen molar-refractivity contribution in [2.24, 2.45) is 0 Å². The molecule has 3 aromatic rings. The highest BCUT2D eigenvalue weighted by atomic mass is 19.1. The molecule has 0 atom stereocenters. The number of hydrogen-bond donors (Lipinski definition) is 2. The van der Waals surface area contributed by atoms with E-state index in [1.807, 2.05) is 24.3 Å². The molecule has 2 aromatic heterocycles. The number of hydrogen-bond acceptors (Lipinski definition) is 5. The van der Waals surface area contributed by atoms with E-state index in [2.05, 4.69) is 30.3 Å². The van der Waals surface area contributed by atoms with Gasteiger partial charge in [-0.1, -0.05) is 12.1 Å². The molecule has 2 N–H and O–H groups in total. The summed E-state index contributed by atoms with van der Waals surface area (Å²) in [4.78, 5) is 20.7. The number of amides is 1. The van der Waals surface area contributed by atoms with Gasteiger partial charge < -0.3 is 10.2 Å². The van der Waals surface area contributed by atoms with Crippen LogP contribution in [0.25, 0.3) is 11.3 Å². The van der Waals surface area contributed by atoms with Gasteiger partial charge >= 0.3 is 0 Å². The summed E-state index contributed by atoms with van der Waals surface area (Å²) in [5.74, 6) is -0.365. The molecule has 8 heteroatoms. The number of H-pyrrole nitrogens is 1. The number of para-hydroxylation sites is 1. The van der Waals surface area contributed by atoms with Crippen LogP contribution in [-0.4, -0.2) is 65.3 Å². The number of nitrogens with zero attached hydrogens (tertiary/aromatic N) is 4. The van der Waals surface area contributed by atoms with E-state index in [1.165, 1.54) is 6.07 Å². The van der Waals surface area contributed by atoms with Crippen LogP contribution in [0.15, 0.2) is 54.9 Å². The molecule has 4 rings (SSSR count). The fourth-order valence-corrected chi connectivity index (χ4v) is 3.44. The standard InChI is InChI=1S/C21H23FN6O/c22-17-5-1-2-6-20(17)28-12-10-27(11-13-28)9-8-24-21(29)19-14-18(25-26-19)16-4-3-7-23-15-16/h1-7,14-15H,8-13H2,(H,24,29)(H,25,26). The molecular formula is C21H23FN6O. The minimum Gasteiger partial charge on any atom is -0.367 e. The molecule has 0 radical (unpaired) electrons. The van der Waals surface area contributed by atoms with Gasteiger partial charge in [0.05, 0.1) is 11.4 Å². The third-order valence-electron chi connectivity index (χ3n) is 5.06. The van der Waals surface area contributed by atoms with Crippen LogP contribution >= 0.6 is 0 Å². The predicted octanol–water partition coefficient (Wildman–Crippen LogP) is 2.16. The number of rotatable bonds is 6. The van der Waals surface area contributed by atoms with E-state index in [4.69, 9.17) is 0 Å². The Hall–Kier alpha value is -3.26. The van der Waals surface area contributed by atoms with E-state index in [0.717, 1.165) is 38.3 Å². The quantitative estimate of drug-likeness (QED) is 0.670. The zero-order valence-electron chi connectivity index (χ0n) is 16.0. The number of carbonyl (C=O) groups excluding carboxylic acids is 1. The molecule has 0 aliphatic carbocycles. The maximum Gasteiger partial charge on any atom is 0.269 e. The summed E-state index contributed by atoms with van der Waals surface area (Å²) < 4.78 is 13.9. The summed E-state index contributed by atoms with van der Waals surface area (Å²) in [6, 6.07) is 12.3. The maximum absolute atomic E-state index is 13.9. The normalized spacial score (nSPS) is 14.7. The maximum atomic E-state index is 13.9. The fourth-order valence-electron chi connectivity index (χ4n) is 3.44. The first kappa shape index (κ1) is 19.1. The SMILES string of the molecule is O=C(NCCN1CCN(c2ccccc2F)CC1)c1cc(-c2cccnc2)n[nH]1. The van der Waals surface area contributed by atoms with E-state index in [-0.39, 0.29) is 11.7 Å². The van der Waals surface area contributed by atoms with Gasteiger partial charge in [0.25, 0.3) is 5.91 Å². The summed E-state index contributed by atoms with van der Waals surface area (Å²) in [5.41, 5.74) is 2.63. The second kappa shape index (κ2) is 8.83. The monoisotopic (exact) mass is 394 g/mol. The van der Waals surface area contributed by atoms with Crippen molar-refractivity contribution in [1.29, 1.82) is 0 Å². The van der Waals surface area contributed by atoms with Gasteiger partial charge in [-0.15, -0.1) is 0 Å². The minimum absolute atomic E-state index is 0.182. The van der Waals surface area contributed by atoms with Gasteiger partial charge in [-0.2, -0.15) is 5.10 Å². The van der Waals surface area contributed by atoms with Crippen LogP contribution in [0, 0.1) is 5.82 Å². The Balaban J connectivity index is 1.22. The van der Waals surface area contributed by atoms with Crippen LogP contribution in [0.4, 0.5) is 10.1 Å². The van der Waals surface area contributed by atoms with Crippen molar-refractivity contribution in [2.75, 3.05) is 44.2 Å². The Labute approximate surface area is 168 Å². The Bertz CT molecular complexity index is 953. The lowest BCUT2D eigenvalue weighted by Crippen LogP contribution is -2.48. The Kier molecular flexibility index (Phi) is 5.81. The highest BCUT2D eigenvalue weighted by Crippen LogP contribution is 2.20. The summed E-state index contributed by atoms with van der Waals surface area (Å²) in [7, 11) is 0. The molecule has 0 unspecified atom stereocenters. The first-order chi connectivity index (χ1) is 14.2. The molecular weight excluding hydrogens is 371 g/mol. The number of piperazine rings is 1. The summed E-state index contributed by atoms with van der Waals surface area (Å²) in [6.07, 6.45) is 3.40. The molecule has 1 aliphatic heterocycles. The third-order valence-corrected chi connectivity index (χ3v) is 5.06. The van der Waals surface area contributed by atoms with E-state index in [0.29, 0.717) is 23.6 Å². The Morgan fingerprint density at radius 2 is 1.97 bits per heavy atom. The molecule has 1 aromatic carbocycles. The van der Waals surface area contributed by atoms with Crippen LogP contribution in [0.2, 0.25) is 0 Å². The lowest BCUT2D eigenvalue weighted by molar-refractivity contribution is 0.0942. The van der Waals surface area contributed by atoms with Gasteiger partial charge in [-0.25, -0.2) is 4.39 Å². The molecule has 0 spiro atoms. The van der Waals surface area contributed by atoms with Gasteiger partial charge in [-0.05, 0) is 30.3 Å². The molecule has 29 heavy (non-hydrogen) atoms. The van der Waals surface area contributed by atoms with Crippen molar-refractivity contribution in [2.45, 2.75) is 0 Å². The summed E-state index contributed by atoms with van der Waals surface area (Å²) in [6.45, 7) is 4.49. The number of pyridine rings is 1. The van der Waals surface area contributed by atoms with Gasteiger partial charge in [0.15, 0.2) is 0 Å². The number of nitrogens with one attached hydrogen (secondary N) is 2. The number of aromatic amines is 1. The van der Waals surface area contributed by atoms with Gasteiger partial charge in [0.2, 0.25) is 0 Å². The zero-order chi connectivity index (χ0) is 20.1. The first-order valence-electron chi connectivity index (χ1n) is 9.66. The van der Waals surface area contributed by atoms with Crippen LogP contribution in [0.1, 0.15) is 10.5 Å². The highest BCUT2D eigenvalue weighted by Gasteiger charge is 2.19. The van der Waals surface area contributed by atoms with Crippen LogP contribution in [-0.2, 0) is 0 Å². The van der Waals surface area contributed by atoms with Crippen molar-refractivity contribution >= 4 is 11.6 Å². The lowest BCUT2D eigenvalue weighted by Gasteiger charge is -2.36. The number of halogens is 1. The topological polar surface area (TPSA) is 77.2 Å². The Morgan fingerprint density at radius 1 is 1.14 bits per heavy atom. The summed E-state index contributed by atoms with van der Waals surface area (Å²) >= 11 is 0. The third kappa shape index (κ3) is 4.60. The van der Waals surface area contributed by atoms with Crippen molar-refractivity contribution in [3.63, 3.8) is 0 Å². The highest BCUT2D eigenvalue weighted by molar-refractivity contribution is 5.93. The lowest BCUT2D eigenvalue weighted by atomic mass is 10.2. The van der Waals surface area contributed by atoms with E-state index >= 15 is 0 Å². The second-order valence-electron chi connectivity index (χ2n) is 6.94. The predicted molar refractivity (Wildman–Crippen MR) is 109 cm³/mol. The van der Waals surface area contributed by atoms with Crippen molar-refractivity contribution in [3.8, 4) is 11.3 Å². The fraction of sp³-hybridized carbons (Fsp3) is 0.286. The number of carbonyl (C=O) groups is 1. The van der Waals surface area contributed by atoms with E-state index in [1.54, 1.807) is 24.5 Å². The molecule has 1 aliphatic rings. The molecule has 0 bridgehead atoms. The molecule has 3 heterocycles. The van der Waals surface area contributed by atoms with Crippen molar-refractivity contribution < 1.29 is 9.18 Å². The first-order valence-corrected chi connectivity index (χ1v) is 9.66. The molecule has 0 saturated carbocycles. The van der Waals surface area contributed by atoms with Crippen molar-refractivity contribution in [1.82, 2.24) is 25.4 Å². The van der Waals surface area contributed by atoms with Crippen LogP contribution in [0.3, 0.4) is 0 Å². The molecule has 1 amide bonds. The van der Waals surface area contributed by atoms with E-state index < -0.39 is 0 Å². The van der Waals surface area contributed by atoms with Crippen LogP contribution in [0.5, 0.6) is 0 Å². The number of benzene rings is 1. The van der Waals surface area contributed by atoms with Gasteiger partial charge in [0.1, 0.15) is 11.5 Å². The number of anilines is 1. The molecule has 1 fully saturated rings. The van der Waals surface area contributed by atoms with Gasteiger partial charge in [0, 0.05) is 57.2 Å². The molecule has 7 nitrogen and oxygen atoms in total. The number of aromatic nitrogens is 3.